The Kier molecular flexibility index (Phi) is 5.30. The largest absolute Gasteiger partial charge is 0.467 e. The minimum absolute atomic E-state index is 0.0486. The molecule has 0 aliphatic carbocycles. The molecule has 1 aromatic heterocycles. The molecule has 0 fully saturated rings. The molecule has 7 nitrogen and oxygen atoms in total. The van der Waals surface area contributed by atoms with E-state index in [4.69, 9.17) is 10.2 Å². The zero-order chi connectivity index (χ0) is 21.1. The lowest BCUT2D eigenvalue weighted by Gasteiger charge is -2.21. The van der Waals surface area contributed by atoms with Gasteiger partial charge in [0.15, 0.2) is 0 Å². The molecule has 0 saturated carbocycles. The van der Waals surface area contributed by atoms with Crippen LogP contribution in [0.1, 0.15) is 12.2 Å². The molecule has 30 heavy (non-hydrogen) atoms. The van der Waals surface area contributed by atoms with Crippen molar-refractivity contribution in [2.75, 3.05) is 9.91 Å². The zero-order valence-corrected chi connectivity index (χ0v) is 15.9. The molecule has 2 N–H and O–H groups in total. The van der Waals surface area contributed by atoms with Crippen molar-refractivity contribution < 1.29 is 18.4 Å². The van der Waals surface area contributed by atoms with Crippen LogP contribution in [0.2, 0.25) is 0 Å². The number of rotatable bonds is 6. The van der Waals surface area contributed by atoms with Gasteiger partial charge in [0.05, 0.1) is 18.5 Å². The summed E-state index contributed by atoms with van der Waals surface area (Å²) in [6, 6.07) is 17.3. The van der Waals surface area contributed by atoms with E-state index in [1.54, 1.807) is 24.3 Å². The first kappa shape index (κ1) is 19.4. The van der Waals surface area contributed by atoms with Gasteiger partial charge in [0.2, 0.25) is 5.91 Å². The van der Waals surface area contributed by atoms with E-state index in [2.05, 4.69) is 5.10 Å². The molecule has 8 heteroatoms. The monoisotopic (exact) mass is 406 g/mol. The number of halogens is 1. The highest BCUT2D eigenvalue weighted by atomic mass is 19.1. The summed E-state index contributed by atoms with van der Waals surface area (Å²) >= 11 is 0. The quantitative estimate of drug-likeness (QED) is 0.681. The summed E-state index contributed by atoms with van der Waals surface area (Å²) in [4.78, 5) is 26.9. The van der Waals surface area contributed by atoms with Gasteiger partial charge in [-0.25, -0.2) is 4.39 Å². The number of benzene rings is 2. The van der Waals surface area contributed by atoms with Gasteiger partial charge in [0, 0.05) is 12.1 Å². The lowest BCUT2D eigenvalue weighted by atomic mass is 10.1. The Hall–Kier alpha value is -3.94. The molecule has 2 amide bonds. The number of nitrogens with two attached hydrogens (primary N) is 1. The number of nitrogens with zero attached hydrogens (tertiary/aromatic N) is 3. The molecular weight excluding hydrogens is 387 g/mol. The average Bonchev–Trinajstić information content (AvgIpc) is 3.43. The lowest BCUT2D eigenvalue weighted by Crippen LogP contribution is -2.40. The van der Waals surface area contributed by atoms with Crippen molar-refractivity contribution in [2.24, 2.45) is 10.8 Å². The fourth-order valence-corrected chi connectivity index (χ4v) is 3.30. The molecule has 1 unspecified atom stereocenters. The first-order valence-corrected chi connectivity index (χ1v) is 9.34. The van der Waals surface area contributed by atoms with E-state index in [-0.39, 0.29) is 24.6 Å². The number of hydrazone groups is 1. The van der Waals surface area contributed by atoms with Gasteiger partial charge in [-0.15, -0.1) is 0 Å². The number of carbonyl (C=O) groups is 2. The van der Waals surface area contributed by atoms with Gasteiger partial charge in [-0.2, -0.15) is 5.10 Å². The predicted molar refractivity (Wildman–Crippen MR) is 110 cm³/mol. The molecular formula is C22H19FN4O3. The predicted octanol–water partition coefficient (Wildman–Crippen LogP) is 3.07. The van der Waals surface area contributed by atoms with Crippen molar-refractivity contribution in [3.8, 4) is 0 Å². The molecule has 1 aliphatic heterocycles. The summed E-state index contributed by atoms with van der Waals surface area (Å²) in [5.74, 6) is -0.799. The molecule has 1 aliphatic rings. The highest BCUT2D eigenvalue weighted by molar-refractivity contribution is 6.44. The van der Waals surface area contributed by atoms with E-state index < -0.39 is 17.8 Å². The Bertz CT molecular complexity index is 1070. The van der Waals surface area contributed by atoms with Crippen molar-refractivity contribution in [3.63, 3.8) is 0 Å². The smallest absolute Gasteiger partial charge is 0.274 e. The summed E-state index contributed by atoms with van der Waals surface area (Å²) in [6.45, 7) is 0.201. The van der Waals surface area contributed by atoms with E-state index in [9.17, 15) is 14.0 Å². The molecule has 4 rings (SSSR count). The van der Waals surface area contributed by atoms with Crippen LogP contribution in [-0.4, -0.2) is 23.6 Å². The standard InChI is InChI=1S/C22H19FN4O3/c23-15-8-10-17(11-9-15)27-20(21(24)28)13-19(25-27)22(29)26(14-18-7-4-12-30-18)16-5-2-1-3-6-16/h1-12,20H,13-14H2,(H2,24,28). The van der Waals surface area contributed by atoms with Crippen molar-refractivity contribution in [1.82, 2.24) is 0 Å². The molecule has 152 valence electrons. The summed E-state index contributed by atoms with van der Waals surface area (Å²) in [5, 5.41) is 5.74. The molecule has 2 aromatic carbocycles. The second-order valence-electron chi connectivity index (χ2n) is 6.80. The maximum absolute atomic E-state index is 13.4. The van der Waals surface area contributed by atoms with Crippen LogP contribution in [0.15, 0.2) is 82.5 Å². The third-order valence-electron chi connectivity index (χ3n) is 4.78. The first-order valence-electron chi connectivity index (χ1n) is 9.34. The third kappa shape index (κ3) is 3.93. The average molecular weight is 406 g/mol. The Morgan fingerprint density at radius 2 is 1.83 bits per heavy atom. The normalized spacial score (nSPS) is 15.7. The van der Waals surface area contributed by atoms with Gasteiger partial charge in [0.25, 0.3) is 5.91 Å². The topological polar surface area (TPSA) is 92.1 Å². The molecule has 0 spiro atoms. The van der Waals surface area contributed by atoms with E-state index in [0.29, 0.717) is 17.1 Å². The van der Waals surface area contributed by atoms with Crippen LogP contribution >= 0.6 is 0 Å². The van der Waals surface area contributed by atoms with Crippen LogP contribution in [0.5, 0.6) is 0 Å². The maximum Gasteiger partial charge on any atom is 0.274 e. The van der Waals surface area contributed by atoms with Crippen LogP contribution in [0.3, 0.4) is 0 Å². The Morgan fingerprint density at radius 3 is 2.47 bits per heavy atom. The van der Waals surface area contributed by atoms with E-state index in [1.165, 1.54) is 40.4 Å². The van der Waals surface area contributed by atoms with Crippen LogP contribution in [0.25, 0.3) is 0 Å². The van der Waals surface area contributed by atoms with Crippen molar-refractivity contribution in [3.05, 3.63) is 84.6 Å². The second kappa shape index (κ2) is 8.20. The number of primary amides is 1. The highest BCUT2D eigenvalue weighted by Crippen LogP contribution is 2.27. The minimum atomic E-state index is -0.837. The lowest BCUT2D eigenvalue weighted by molar-refractivity contribution is -0.119. The Labute approximate surface area is 172 Å². The zero-order valence-electron chi connectivity index (χ0n) is 15.9. The van der Waals surface area contributed by atoms with Gasteiger partial charge >= 0.3 is 0 Å². The number of para-hydroxylation sites is 1. The van der Waals surface area contributed by atoms with Crippen molar-refractivity contribution in [1.29, 1.82) is 0 Å². The molecule has 2 heterocycles. The van der Waals surface area contributed by atoms with Crippen LogP contribution in [0.4, 0.5) is 15.8 Å². The number of anilines is 2. The van der Waals surface area contributed by atoms with Crippen LogP contribution < -0.4 is 15.6 Å². The van der Waals surface area contributed by atoms with Crippen molar-refractivity contribution in [2.45, 2.75) is 19.0 Å². The van der Waals surface area contributed by atoms with E-state index in [0.717, 1.165) is 0 Å². The van der Waals surface area contributed by atoms with Gasteiger partial charge in [-0.05, 0) is 48.5 Å². The van der Waals surface area contributed by atoms with Crippen LogP contribution in [-0.2, 0) is 16.1 Å². The van der Waals surface area contributed by atoms with Gasteiger partial charge in [0.1, 0.15) is 23.3 Å². The molecule has 0 radical (unpaired) electrons. The summed E-state index contributed by atoms with van der Waals surface area (Å²) in [5.41, 5.74) is 6.86. The van der Waals surface area contributed by atoms with Gasteiger partial charge < -0.3 is 10.2 Å². The number of hydrogen-bond donors (Lipinski definition) is 1. The van der Waals surface area contributed by atoms with Crippen molar-refractivity contribution >= 4 is 28.9 Å². The fraction of sp³-hybridized carbons (Fsp3) is 0.136. The van der Waals surface area contributed by atoms with Gasteiger partial charge in [-0.1, -0.05) is 18.2 Å². The minimum Gasteiger partial charge on any atom is -0.467 e. The number of hydrogen-bond acceptors (Lipinski definition) is 5. The van der Waals surface area contributed by atoms with E-state index in [1.807, 2.05) is 18.2 Å². The van der Waals surface area contributed by atoms with Crippen LogP contribution in [0, 0.1) is 5.82 Å². The molecule has 0 bridgehead atoms. The summed E-state index contributed by atoms with van der Waals surface area (Å²) < 4.78 is 18.7. The number of furan rings is 1. The number of carbonyl (C=O) groups excluding carboxylic acids is 2. The Balaban J connectivity index is 1.67. The summed E-state index contributed by atoms with van der Waals surface area (Å²) in [7, 11) is 0. The SMILES string of the molecule is NC(=O)C1CC(C(=O)N(Cc2ccco2)c2ccccc2)=NN1c1ccc(F)cc1. The third-order valence-corrected chi connectivity index (χ3v) is 4.78. The fourth-order valence-electron chi connectivity index (χ4n) is 3.30. The maximum atomic E-state index is 13.4. The molecule has 0 saturated heterocycles. The van der Waals surface area contributed by atoms with E-state index >= 15 is 0 Å². The summed E-state index contributed by atoms with van der Waals surface area (Å²) in [6.07, 6.45) is 1.59. The highest BCUT2D eigenvalue weighted by Gasteiger charge is 2.37. The molecule has 3 aromatic rings. The first-order chi connectivity index (χ1) is 14.5. The number of amides is 2. The second-order valence-corrected chi connectivity index (χ2v) is 6.80. The Morgan fingerprint density at radius 1 is 1.10 bits per heavy atom. The molecule has 1 atom stereocenters. The van der Waals surface area contributed by atoms with Gasteiger partial charge in [-0.3, -0.25) is 19.5 Å².